The van der Waals surface area contributed by atoms with Gasteiger partial charge in [0.15, 0.2) is 5.11 Å². The number of thiocarbonyl (C=S) groups is 1. The molecule has 2 N–H and O–H groups in total. The molecule has 2 rings (SSSR count). The highest BCUT2D eigenvalue weighted by Gasteiger charge is 2.07. The largest absolute Gasteiger partial charge is 0.497 e. The normalized spacial score (nSPS) is 10.2. The SMILES string of the molecule is CCCOc1ccccc1CCCNC(=S)Nc1ccc(OC)cc1OC. The number of ether oxygens (including phenoxy) is 3. The molecular weight excluding hydrogens is 360 g/mol. The zero-order chi connectivity index (χ0) is 19.5. The van der Waals surface area contributed by atoms with Crippen molar-refractivity contribution in [3.63, 3.8) is 0 Å². The van der Waals surface area contributed by atoms with Crippen LogP contribution in [0.25, 0.3) is 0 Å². The van der Waals surface area contributed by atoms with E-state index in [0.717, 1.165) is 49.6 Å². The maximum absolute atomic E-state index is 5.81. The third-order valence-corrected chi connectivity index (χ3v) is 4.25. The molecule has 0 aromatic heterocycles. The Balaban J connectivity index is 1.80. The highest BCUT2D eigenvalue weighted by Crippen LogP contribution is 2.28. The number of hydrogen-bond acceptors (Lipinski definition) is 4. The van der Waals surface area contributed by atoms with Gasteiger partial charge < -0.3 is 24.8 Å². The van der Waals surface area contributed by atoms with Crippen LogP contribution in [0.1, 0.15) is 25.3 Å². The summed E-state index contributed by atoms with van der Waals surface area (Å²) in [6, 6.07) is 13.8. The van der Waals surface area contributed by atoms with E-state index in [2.05, 4.69) is 23.6 Å². The molecule has 0 heterocycles. The summed E-state index contributed by atoms with van der Waals surface area (Å²) >= 11 is 5.38. The summed E-state index contributed by atoms with van der Waals surface area (Å²) in [7, 11) is 3.24. The molecule has 0 aliphatic rings. The minimum atomic E-state index is 0.564. The Morgan fingerprint density at radius 2 is 1.85 bits per heavy atom. The predicted octanol–water partition coefficient (Wildman–Crippen LogP) is 4.41. The number of benzene rings is 2. The topological polar surface area (TPSA) is 51.8 Å². The van der Waals surface area contributed by atoms with E-state index in [0.29, 0.717) is 10.9 Å². The van der Waals surface area contributed by atoms with E-state index < -0.39 is 0 Å². The zero-order valence-corrected chi connectivity index (χ0v) is 17.0. The smallest absolute Gasteiger partial charge is 0.170 e. The molecule has 0 radical (unpaired) electrons. The van der Waals surface area contributed by atoms with Gasteiger partial charge in [-0.1, -0.05) is 25.1 Å². The molecular formula is C21H28N2O3S. The first kappa shape index (κ1) is 20.8. The summed E-state index contributed by atoms with van der Waals surface area (Å²) in [5, 5.41) is 6.97. The van der Waals surface area contributed by atoms with E-state index in [1.165, 1.54) is 5.56 Å². The van der Waals surface area contributed by atoms with Gasteiger partial charge in [0.1, 0.15) is 17.2 Å². The third-order valence-electron chi connectivity index (χ3n) is 4.00. The lowest BCUT2D eigenvalue weighted by Crippen LogP contribution is -2.29. The molecule has 6 heteroatoms. The fourth-order valence-corrected chi connectivity index (χ4v) is 2.82. The summed E-state index contributed by atoms with van der Waals surface area (Å²) in [6.45, 7) is 3.62. The van der Waals surface area contributed by atoms with Crippen molar-refractivity contribution in [2.75, 3.05) is 32.7 Å². The molecule has 146 valence electrons. The van der Waals surface area contributed by atoms with E-state index in [1.807, 2.05) is 36.4 Å². The summed E-state index contributed by atoms with van der Waals surface area (Å²) in [5.74, 6) is 2.39. The molecule has 0 bridgehead atoms. The van der Waals surface area contributed by atoms with Gasteiger partial charge in [0, 0.05) is 12.6 Å². The summed E-state index contributed by atoms with van der Waals surface area (Å²) in [6.07, 6.45) is 2.89. The van der Waals surface area contributed by atoms with E-state index in [-0.39, 0.29) is 0 Å². The first-order valence-electron chi connectivity index (χ1n) is 9.15. The maximum atomic E-state index is 5.81. The number of methoxy groups -OCH3 is 2. The van der Waals surface area contributed by atoms with Gasteiger partial charge in [0.2, 0.25) is 0 Å². The van der Waals surface area contributed by atoms with Gasteiger partial charge in [0.25, 0.3) is 0 Å². The van der Waals surface area contributed by atoms with Gasteiger partial charge in [-0.05, 0) is 55.2 Å². The van der Waals surface area contributed by atoms with Crippen LogP contribution in [0.15, 0.2) is 42.5 Å². The Kier molecular flexibility index (Phi) is 8.71. The summed E-state index contributed by atoms with van der Waals surface area (Å²) in [5.41, 5.74) is 2.03. The first-order valence-corrected chi connectivity index (χ1v) is 9.56. The standard InChI is InChI=1S/C21H28N2O3S/c1-4-14-26-19-10-6-5-8-16(19)9-7-13-22-21(27)23-18-12-11-17(24-2)15-20(18)25-3/h5-6,8,10-12,15H,4,7,9,13-14H2,1-3H3,(H2,22,23,27). The lowest BCUT2D eigenvalue weighted by molar-refractivity contribution is 0.314. The molecule has 0 aliphatic heterocycles. The second kappa shape index (κ2) is 11.3. The van der Waals surface area contributed by atoms with Gasteiger partial charge in [-0.3, -0.25) is 0 Å². The Morgan fingerprint density at radius 3 is 2.59 bits per heavy atom. The van der Waals surface area contributed by atoms with E-state index in [4.69, 9.17) is 26.4 Å². The van der Waals surface area contributed by atoms with Crippen LogP contribution in [0.3, 0.4) is 0 Å². The minimum Gasteiger partial charge on any atom is -0.497 e. The first-order chi connectivity index (χ1) is 13.2. The lowest BCUT2D eigenvalue weighted by atomic mass is 10.1. The number of rotatable bonds is 10. The van der Waals surface area contributed by atoms with Crippen molar-refractivity contribution in [2.45, 2.75) is 26.2 Å². The Labute approximate surface area is 167 Å². The van der Waals surface area contributed by atoms with Crippen LogP contribution in [0, 0.1) is 0 Å². The molecule has 0 atom stereocenters. The van der Waals surface area contributed by atoms with Crippen LogP contribution >= 0.6 is 12.2 Å². The number of para-hydroxylation sites is 1. The minimum absolute atomic E-state index is 0.564. The number of aryl methyl sites for hydroxylation is 1. The molecule has 0 aliphatic carbocycles. The molecule has 0 saturated carbocycles. The van der Waals surface area contributed by atoms with Crippen LogP contribution < -0.4 is 24.8 Å². The molecule has 0 amide bonds. The molecule has 5 nitrogen and oxygen atoms in total. The van der Waals surface area contributed by atoms with Gasteiger partial charge in [-0.15, -0.1) is 0 Å². The van der Waals surface area contributed by atoms with Crippen LogP contribution in [0.2, 0.25) is 0 Å². The summed E-state index contributed by atoms with van der Waals surface area (Å²) in [4.78, 5) is 0. The molecule has 0 spiro atoms. The number of anilines is 1. The second-order valence-electron chi connectivity index (χ2n) is 6.01. The van der Waals surface area contributed by atoms with Gasteiger partial charge in [0.05, 0.1) is 26.5 Å². The highest BCUT2D eigenvalue weighted by atomic mass is 32.1. The van der Waals surface area contributed by atoms with Crippen molar-refractivity contribution in [3.8, 4) is 17.2 Å². The molecule has 2 aromatic rings. The van der Waals surface area contributed by atoms with Crippen molar-refractivity contribution < 1.29 is 14.2 Å². The van der Waals surface area contributed by atoms with E-state index >= 15 is 0 Å². The van der Waals surface area contributed by atoms with Crippen LogP contribution in [0.5, 0.6) is 17.2 Å². The molecule has 0 fully saturated rings. The van der Waals surface area contributed by atoms with Crippen LogP contribution in [-0.2, 0) is 6.42 Å². The van der Waals surface area contributed by atoms with Crippen molar-refractivity contribution in [3.05, 3.63) is 48.0 Å². The van der Waals surface area contributed by atoms with Gasteiger partial charge in [-0.2, -0.15) is 0 Å². The fourth-order valence-electron chi connectivity index (χ4n) is 2.61. The van der Waals surface area contributed by atoms with Crippen LogP contribution in [0.4, 0.5) is 5.69 Å². The van der Waals surface area contributed by atoms with Gasteiger partial charge >= 0.3 is 0 Å². The number of hydrogen-bond donors (Lipinski definition) is 2. The number of nitrogens with one attached hydrogen (secondary N) is 2. The lowest BCUT2D eigenvalue weighted by Gasteiger charge is -2.15. The Morgan fingerprint density at radius 1 is 1.04 bits per heavy atom. The fraction of sp³-hybridized carbons (Fsp3) is 0.381. The average molecular weight is 389 g/mol. The van der Waals surface area contributed by atoms with Crippen molar-refractivity contribution in [1.29, 1.82) is 0 Å². The zero-order valence-electron chi connectivity index (χ0n) is 16.2. The molecule has 27 heavy (non-hydrogen) atoms. The Bertz CT molecular complexity index is 737. The van der Waals surface area contributed by atoms with E-state index in [9.17, 15) is 0 Å². The second-order valence-corrected chi connectivity index (χ2v) is 6.42. The predicted molar refractivity (Wildman–Crippen MR) is 114 cm³/mol. The van der Waals surface area contributed by atoms with Crippen LogP contribution in [-0.4, -0.2) is 32.5 Å². The van der Waals surface area contributed by atoms with Crippen molar-refractivity contribution in [1.82, 2.24) is 5.32 Å². The van der Waals surface area contributed by atoms with Gasteiger partial charge in [-0.25, -0.2) is 0 Å². The Hall–Kier alpha value is -2.47. The molecule has 0 unspecified atom stereocenters. The summed E-state index contributed by atoms with van der Waals surface area (Å²) < 4.78 is 16.4. The monoisotopic (exact) mass is 388 g/mol. The molecule has 0 saturated heterocycles. The van der Waals surface area contributed by atoms with E-state index in [1.54, 1.807) is 14.2 Å². The quantitative estimate of drug-likeness (QED) is 0.464. The van der Waals surface area contributed by atoms with Crippen molar-refractivity contribution >= 4 is 23.0 Å². The molecule has 2 aromatic carbocycles. The highest BCUT2D eigenvalue weighted by molar-refractivity contribution is 7.80. The average Bonchev–Trinajstić information content (AvgIpc) is 2.70. The third kappa shape index (κ3) is 6.64. The van der Waals surface area contributed by atoms with Crippen molar-refractivity contribution in [2.24, 2.45) is 0 Å². The maximum Gasteiger partial charge on any atom is 0.170 e.